The van der Waals surface area contributed by atoms with E-state index >= 15 is 0 Å². The van der Waals surface area contributed by atoms with E-state index in [-0.39, 0.29) is 0 Å². The number of methoxy groups -OCH3 is 2. The SMILES string of the molecule is CC[C@@H](O)[C@@H](N)c1cccc(OC)c1OC. The summed E-state index contributed by atoms with van der Waals surface area (Å²) in [5.74, 6) is 1.21. The normalized spacial score (nSPS) is 14.3. The highest BCUT2D eigenvalue weighted by atomic mass is 16.5. The fourth-order valence-electron chi connectivity index (χ4n) is 1.64. The van der Waals surface area contributed by atoms with Gasteiger partial charge in [0.25, 0.3) is 0 Å². The summed E-state index contributed by atoms with van der Waals surface area (Å²) in [5.41, 5.74) is 6.72. The number of benzene rings is 1. The van der Waals surface area contributed by atoms with E-state index in [0.29, 0.717) is 17.9 Å². The maximum Gasteiger partial charge on any atom is 0.165 e. The van der Waals surface area contributed by atoms with Crippen molar-refractivity contribution in [1.82, 2.24) is 0 Å². The van der Waals surface area contributed by atoms with Crippen LogP contribution in [0.1, 0.15) is 24.9 Å². The minimum atomic E-state index is -0.582. The Bertz CT molecular complexity index is 341. The molecule has 0 spiro atoms. The molecule has 1 aromatic carbocycles. The van der Waals surface area contributed by atoms with E-state index < -0.39 is 12.1 Å². The molecule has 90 valence electrons. The van der Waals surface area contributed by atoms with Gasteiger partial charge < -0.3 is 20.3 Å². The van der Waals surface area contributed by atoms with Crippen LogP contribution in [0.5, 0.6) is 11.5 Å². The van der Waals surface area contributed by atoms with E-state index in [4.69, 9.17) is 15.2 Å². The average molecular weight is 225 g/mol. The Morgan fingerprint density at radius 1 is 1.31 bits per heavy atom. The monoisotopic (exact) mass is 225 g/mol. The summed E-state index contributed by atoms with van der Waals surface area (Å²) >= 11 is 0. The molecule has 0 amide bonds. The van der Waals surface area contributed by atoms with Gasteiger partial charge in [-0.3, -0.25) is 0 Å². The fraction of sp³-hybridized carbons (Fsp3) is 0.500. The summed E-state index contributed by atoms with van der Waals surface area (Å²) in [6.45, 7) is 1.89. The zero-order valence-corrected chi connectivity index (χ0v) is 9.93. The molecule has 0 heterocycles. The minimum absolute atomic E-state index is 0.463. The van der Waals surface area contributed by atoms with Crippen LogP contribution in [-0.4, -0.2) is 25.4 Å². The van der Waals surface area contributed by atoms with Crippen molar-refractivity contribution in [3.63, 3.8) is 0 Å². The van der Waals surface area contributed by atoms with Crippen LogP contribution in [0, 0.1) is 0 Å². The van der Waals surface area contributed by atoms with Gasteiger partial charge in [0.15, 0.2) is 11.5 Å². The lowest BCUT2D eigenvalue weighted by Crippen LogP contribution is -2.25. The predicted molar refractivity (Wildman–Crippen MR) is 62.8 cm³/mol. The standard InChI is InChI=1S/C12H19NO3/c1-4-9(14)11(13)8-6-5-7-10(15-2)12(8)16-3/h5-7,9,11,14H,4,13H2,1-3H3/t9-,11+/m1/s1. The second-order valence-electron chi connectivity index (χ2n) is 3.58. The molecular weight excluding hydrogens is 206 g/mol. The number of hydrogen-bond donors (Lipinski definition) is 2. The number of para-hydroxylation sites is 1. The molecule has 0 radical (unpaired) electrons. The van der Waals surface area contributed by atoms with E-state index in [0.717, 1.165) is 5.56 Å². The van der Waals surface area contributed by atoms with Crippen LogP contribution < -0.4 is 15.2 Å². The van der Waals surface area contributed by atoms with Crippen molar-refractivity contribution in [2.24, 2.45) is 5.73 Å². The van der Waals surface area contributed by atoms with Gasteiger partial charge in [-0.1, -0.05) is 19.1 Å². The number of ether oxygens (including phenoxy) is 2. The lowest BCUT2D eigenvalue weighted by atomic mass is 9.99. The summed E-state index contributed by atoms with van der Waals surface area (Å²) in [5, 5.41) is 9.74. The second kappa shape index (κ2) is 5.72. The van der Waals surface area contributed by atoms with Crippen molar-refractivity contribution in [2.45, 2.75) is 25.5 Å². The molecule has 16 heavy (non-hydrogen) atoms. The molecule has 0 unspecified atom stereocenters. The molecule has 0 aliphatic rings. The van der Waals surface area contributed by atoms with Crippen molar-refractivity contribution in [2.75, 3.05) is 14.2 Å². The third-order valence-electron chi connectivity index (χ3n) is 2.63. The van der Waals surface area contributed by atoms with E-state index in [9.17, 15) is 5.11 Å². The summed E-state index contributed by atoms with van der Waals surface area (Å²) in [6.07, 6.45) is 0.0163. The third-order valence-corrected chi connectivity index (χ3v) is 2.63. The number of aliphatic hydroxyl groups is 1. The molecule has 2 atom stereocenters. The molecule has 4 heteroatoms. The summed E-state index contributed by atoms with van der Waals surface area (Å²) in [7, 11) is 3.13. The molecule has 0 aliphatic carbocycles. The highest BCUT2D eigenvalue weighted by molar-refractivity contribution is 5.48. The lowest BCUT2D eigenvalue weighted by Gasteiger charge is -2.21. The van der Waals surface area contributed by atoms with Gasteiger partial charge in [-0.05, 0) is 12.5 Å². The first-order valence-electron chi connectivity index (χ1n) is 5.30. The van der Waals surface area contributed by atoms with Gasteiger partial charge in [-0.25, -0.2) is 0 Å². The van der Waals surface area contributed by atoms with Gasteiger partial charge in [-0.2, -0.15) is 0 Å². The molecule has 0 fully saturated rings. The van der Waals surface area contributed by atoms with Crippen LogP contribution in [-0.2, 0) is 0 Å². The van der Waals surface area contributed by atoms with E-state index in [1.54, 1.807) is 20.3 Å². The van der Waals surface area contributed by atoms with E-state index in [1.165, 1.54) is 0 Å². The van der Waals surface area contributed by atoms with E-state index in [2.05, 4.69) is 0 Å². The maximum absolute atomic E-state index is 9.74. The van der Waals surface area contributed by atoms with Crippen LogP contribution >= 0.6 is 0 Å². The van der Waals surface area contributed by atoms with E-state index in [1.807, 2.05) is 19.1 Å². The highest BCUT2D eigenvalue weighted by Gasteiger charge is 2.20. The number of aliphatic hydroxyl groups excluding tert-OH is 1. The first-order chi connectivity index (χ1) is 7.65. The Hall–Kier alpha value is -1.26. The Balaban J connectivity index is 3.12. The Morgan fingerprint density at radius 3 is 2.50 bits per heavy atom. The first kappa shape index (κ1) is 12.8. The molecule has 0 bridgehead atoms. The fourth-order valence-corrected chi connectivity index (χ4v) is 1.64. The largest absolute Gasteiger partial charge is 0.493 e. The number of hydrogen-bond acceptors (Lipinski definition) is 4. The molecule has 0 saturated heterocycles. The molecule has 3 N–H and O–H groups in total. The molecule has 1 aromatic rings. The molecule has 0 aliphatic heterocycles. The molecule has 1 rings (SSSR count). The van der Waals surface area contributed by atoms with Crippen LogP contribution in [0.25, 0.3) is 0 Å². The zero-order valence-electron chi connectivity index (χ0n) is 9.93. The van der Waals surface area contributed by atoms with Crippen molar-refractivity contribution < 1.29 is 14.6 Å². The number of rotatable bonds is 5. The molecule has 4 nitrogen and oxygen atoms in total. The molecule has 0 aromatic heterocycles. The lowest BCUT2D eigenvalue weighted by molar-refractivity contribution is 0.139. The van der Waals surface area contributed by atoms with Crippen molar-refractivity contribution in [1.29, 1.82) is 0 Å². The van der Waals surface area contributed by atoms with Gasteiger partial charge in [0, 0.05) is 5.56 Å². The Labute approximate surface area is 96.0 Å². The summed E-state index contributed by atoms with van der Waals surface area (Å²) < 4.78 is 10.4. The van der Waals surface area contributed by atoms with Crippen LogP contribution in [0.4, 0.5) is 0 Å². The van der Waals surface area contributed by atoms with Gasteiger partial charge in [0.1, 0.15) is 0 Å². The van der Waals surface area contributed by atoms with Crippen molar-refractivity contribution in [3.05, 3.63) is 23.8 Å². The maximum atomic E-state index is 9.74. The number of nitrogens with two attached hydrogens (primary N) is 1. The van der Waals surface area contributed by atoms with Gasteiger partial charge >= 0.3 is 0 Å². The third kappa shape index (κ3) is 2.46. The van der Waals surface area contributed by atoms with Gasteiger partial charge in [-0.15, -0.1) is 0 Å². The van der Waals surface area contributed by atoms with Crippen LogP contribution in [0.3, 0.4) is 0 Å². The minimum Gasteiger partial charge on any atom is -0.493 e. The topological polar surface area (TPSA) is 64.7 Å². The van der Waals surface area contributed by atoms with Gasteiger partial charge in [0.05, 0.1) is 26.4 Å². The zero-order chi connectivity index (χ0) is 12.1. The van der Waals surface area contributed by atoms with Crippen LogP contribution in [0.2, 0.25) is 0 Å². The first-order valence-corrected chi connectivity index (χ1v) is 5.30. The van der Waals surface area contributed by atoms with Crippen LogP contribution in [0.15, 0.2) is 18.2 Å². The Kier molecular flexibility index (Phi) is 4.58. The average Bonchev–Trinajstić information content (AvgIpc) is 2.35. The van der Waals surface area contributed by atoms with Crippen molar-refractivity contribution >= 4 is 0 Å². The summed E-state index contributed by atoms with van der Waals surface area (Å²) in [4.78, 5) is 0. The molecular formula is C12H19NO3. The second-order valence-corrected chi connectivity index (χ2v) is 3.58. The Morgan fingerprint density at radius 2 is 2.00 bits per heavy atom. The highest BCUT2D eigenvalue weighted by Crippen LogP contribution is 2.35. The quantitative estimate of drug-likeness (QED) is 0.796. The van der Waals surface area contributed by atoms with Gasteiger partial charge in [0.2, 0.25) is 0 Å². The van der Waals surface area contributed by atoms with Crippen molar-refractivity contribution in [3.8, 4) is 11.5 Å². The summed E-state index contributed by atoms with van der Waals surface area (Å²) in [6, 6.07) is 5.01. The molecule has 0 saturated carbocycles. The predicted octanol–water partition coefficient (Wildman–Crippen LogP) is 1.47. The smallest absolute Gasteiger partial charge is 0.165 e.